The van der Waals surface area contributed by atoms with Crippen LogP contribution in [0.5, 0.6) is 0 Å². The summed E-state index contributed by atoms with van der Waals surface area (Å²) >= 11 is 6.22. The van der Waals surface area contributed by atoms with Gasteiger partial charge in [0.2, 0.25) is 0 Å². The summed E-state index contributed by atoms with van der Waals surface area (Å²) in [6, 6.07) is 0. The van der Waals surface area contributed by atoms with Crippen molar-refractivity contribution in [3.05, 3.63) is 16.4 Å². The Kier molecular flexibility index (Phi) is 4.98. The van der Waals surface area contributed by atoms with Crippen LogP contribution in [0.3, 0.4) is 0 Å². The molecule has 1 rings (SSSR count). The molecule has 1 atom stereocenters. The van der Waals surface area contributed by atoms with Gasteiger partial charge in [-0.05, 0) is 40.8 Å². The first kappa shape index (κ1) is 14.5. The monoisotopic (exact) mass is 259 g/mol. The molecule has 0 aliphatic carbocycles. The van der Waals surface area contributed by atoms with Gasteiger partial charge in [0.15, 0.2) is 0 Å². The summed E-state index contributed by atoms with van der Waals surface area (Å²) in [6.07, 6.45) is 1.22. The lowest BCUT2D eigenvalue weighted by atomic mass is 9.96. The van der Waals surface area contributed by atoms with Gasteiger partial charge in [0.05, 0.1) is 22.0 Å². The van der Waals surface area contributed by atoms with Gasteiger partial charge in [-0.1, -0.05) is 11.6 Å². The number of aliphatic hydroxyl groups is 1. The van der Waals surface area contributed by atoms with E-state index in [4.69, 9.17) is 11.6 Å². The summed E-state index contributed by atoms with van der Waals surface area (Å²) in [5.74, 6) is 0. The van der Waals surface area contributed by atoms with E-state index in [1.165, 1.54) is 0 Å². The molecule has 0 amide bonds. The Labute approximate surface area is 108 Å². The van der Waals surface area contributed by atoms with E-state index in [0.29, 0.717) is 17.9 Å². The largest absolute Gasteiger partial charge is 0.390 e. The number of rotatable bonds is 6. The zero-order valence-electron chi connectivity index (χ0n) is 11.0. The highest BCUT2D eigenvalue weighted by molar-refractivity contribution is 6.31. The number of aryl methyl sites for hydroxylation is 2. The molecule has 1 heterocycles. The van der Waals surface area contributed by atoms with E-state index >= 15 is 0 Å². The quantitative estimate of drug-likeness (QED) is 0.819. The molecule has 0 saturated heterocycles. The van der Waals surface area contributed by atoms with Crippen molar-refractivity contribution in [3.63, 3.8) is 0 Å². The summed E-state index contributed by atoms with van der Waals surface area (Å²) in [4.78, 5) is 0. The van der Waals surface area contributed by atoms with Crippen LogP contribution in [0.1, 0.15) is 31.7 Å². The second-order valence-corrected chi connectivity index (χ2v) is 5.07. The molecule has 0 saturated carbocycles. The predicted molar refractivity (Wildman–Crippen MR) is 70.5 cm³/mol. The van der Waals surface area contributed by atoms with Crippen molar-refractivity contribution in [1.82, 2.24) is 15.1 Å². The van der Waals surface area contributed by atoms with Crippen LogP contribution in [0.4, 0.5) is 0 Å². The van der Waals surface area contributed by atoms with Crippen LogP contribution in [0.25, 0.3) is 0 Å². The molecule has 0 bridgehead atoms. The van der Waals surface area contributed by atoms with Gasteiger partial charge in [-0.15, -0.1) is 0 Å². The Balaban J connectivity index is 2.86. The zero-order valence-corrected chi connectivity index (χ0v) is 11.8. The molecular formula is C12H22ClN3O. The summed E-state index contributed by atoms with van der Waals surface area (Å²) < 4.78 is 1.87. The Morgan fingerprint density at radius 2 is 2.18 bits per heavy atom. The molecule has 2 N–H and O–H groups in total. The van der Waals surface area contributed by atoms with E-state index in [1.54, 1.807) is 0 Å². The Hall–Kier alpha value is -0.580. The van der Waals surface area contributed by atoms with Gasteiger partial charge in [0, 0.05) is 13.0 Å². The first-order valence-electron chi connectivity index (χ1n) is 6.00. The van der Waals surface area contributed by atoms with Crippen molar-refractivity contribution in [2.45, 2.75) is 45.8 Å². The van der Waals surface area contributed by atoms with Crippen LogP contribution >= 0.6 is 11.6 Å². The third-order valence-corrected chi connectivity index (χ3v) is 3.41. The molecule has 0 aromatic carbocycles. The second-order valence-electron chi connectivity index (χ2n) is 4.69. The molecule has 0 spiro atoms. The fraction of sp³-hybridized carbons (Fsp3) is 0.750. The van der Waals surface area contributed by atoms with Gasteiger partial charge < -0.3 is 10.4 Å². The summed E-state index contributed by atoms with van der Waals surface area (Å²) in [5, 5.41) is 18.4. The molecule has 4 nitrogen and oxygen atoms in total. The van der Waals surface area contributed by atoms with Gasteiger partial charge in [-0.25, -0.2) is 0 Å². The van der Waals surface area contributed by atoms with Crippen LogP contribution in [0.15, 0.2) is 0 Å². The number of halogens is 1. The zero-order chi connectivity index (χ0) is 13.1. The molecule has 0 fully saturated rings. The highest BCUT2D eigenvalue weighted by atomic mass is 35.5. The summed E-state index contributed by atoms with van der Waals surface area (Å²) in [5.41, 5.74) is 0.993. The van der Waals surface area contributed by atoms with Crippen LogP contribution in [-0.4, -0.2) is 34.1 Å². The predicted octanol–water partition coefficient (Wildman–Crippen LogP) is 1.77. The molecule has 5 heteroatoms. The van der Waals surface area contributed by atoms with E-state index in [1.807, 2.05) is 32.5 Å². The van der Waals surface area contributed by atoms with Crippen molar-refractivity contribution >= 4 is 11.6 Å². The minimum absolute atomic E-state index is 0.530. The molecule has 1 unspecified atom stereocenters. The molecule has 0 aliphatic heterocycles. The third kappa shape index (κ3) is 3.69. The maximum absolute atomic E-state index is 10.3. The first-order valence-corrected chi connectivity index (χ1v) is 6.38. The Morgan fingerprint density at radius 3 is 2.71 bits per heavy atom. The van der Waals surface area contributed by atoms with Gasteiger partial charge in [-0.3, -0.25) is 4.68 Å². The topological polar surface area (TPSA) is 50.1 Å². The fourth-order valence-electron chi connectivity index (χ4n) is 1.88. The van der Waals surface area contributed by atoms with E-state index in [2.05, 4.69) is 10.4 Å². The molecule has 17 heavy (non-hydrogen) atoms. The molecule has 0 radical (unpaired) electrons. The average Bonchev–Trinajstić information content (AvgIpc) is 2.54. The fourth-order valence-corrected chi connectivity index (χ4v) is 2.08. The van der Waals surface area contributed by atoms with Crippen molar-refractivity contribution in [3.8, 4) is 0 Å². The smallest absolute Gasteiger partial charge is 0.0848 e. The average molecular weight is 260 g/mol. The van der Waals surface area contributed by atoms with Crippen molar-refractivity contribution in [2.75, 3.05) is 13.6 Å². The maximum atomic E-state index is 10.3. The second kappa shape index (κ2) is 5.85. The highest BCUT2D eigenvalue weighted by Crippen LogP contribution is 2.25. The maximum Gasteiger partial charge on any atom is 0.0848 e. The standard InChI is InChI=1S/C12H22ClN3O/c1-5-16-10(11(13)9(2)15-16)8-12(3,17)6-7-14-4/h14,17H,5-8H2,1-4H3. The molecule has 0 aliphatic rings. The van der Waals surface area contributed by atoms with Gasteiger partial charge in [0.1, 0.15) is 0 Å². The van der Waals surface area contributed by atoms with Crippen LogP contribution < -0.4 is 5.32 Å². The molecule has 98 valence electrons. The normalized spacial score (nSPS) is 14.9. The number of nitrogens with zero attached hydrogens (tertiary/aromatic N) is 2. The van der Waals surface area contributed by atoms with Gasteiger partial charge in [-0.2, -0.15) is 5.10 Å². The molecule has 1 aromatic rings. The van der Waals surface area contributed by atoms with Crippen molar-refractivity contribution in [1.29, 1.82) is 0 Å². The van der Waals surface area contributed by atoms with Crippen molar-refractivity contribution in [2.24, 2.45) is 0 Å². The Bertz CT molecular complexity index is 374. The van der Waals surface area contributed by atoms with E-state index in [0.717, 1.165) is 24.5 Å². The lowest BCUT2D eigenvalue weighted by Crippen LogP contribution is -2.32. The Morgan fingerprint density at radius 1 is 1.53 bits per heavy atom. The van der Waals surface area contributed by atoms with Crippen LogP contribution in [-0.2, 0) is 13.0 Å². The minimum atomic E-state index is -0.758. The van der Waals surface area contributed by atoms with Crippen LogP contribution in [0, 0.1) is 6.92 Å². The molecule has 1 aromatic heterocycles. The SMILES string of the molecule is CCn1nc(C)c(Cl)c1CC(C)(O)CCNC. The lowest BCUT2D eigenvalue weighted by Gasteiger charge is -2.23. The molecular weight excluding hydrogens is 238 g/mol. The summed E-state index contributed by atoms with van der Waals surface area (Å²) in [7, 11) is 1.88. The van der Waals surface area contributed by atoms with Crippen LogP contribution in [0.2, 0.25) is 5.02 Å². The number of hydrogen-bond acceptors (Lipinski definition) is 3. The van der Waals surface area contributed by atoms with E-state index in [-0.39, 0.29) is 0 Å². The minimum Gasteiger partial charge on any atom is -0.390 e. The van der Waals surface area contributed by atoms with E-state index < -0.39 is 5.60 Å². The number of nitrogens with one attached hydrogen (secondary N) is 1. The third-order valence-electron chi connectivity index (χ3n) is 2.91. The highest BCUT2D eigenvalue weighted by Gasteiger charge is 2.25. The van der Waals surface area contributed by atoms with Gasteiger partial charge in [0.25, 0.3) is 0 Å². The van der Waals surface area contributed by atoms with Crippen molar-refractivity contribution < 1.29 is 5.11 Å². The number of aromatic nitrogens is 2. The lowest BCUT2D eigenvalue weighted by molar-refractivity contribution is 0.0500. The first-order chi connectivity index (χ1) is 7.91. The number of hydrogen-bond donors (Lipinski definition) is 2. The van der Waals surface area contributed by atoms with E-state index in [9.17, 15) is 5.11 Å². The van der Waals surface area contributed by atoms with Gasteiger partial charge >= 0.3 is 0 Å². The summed E-state index contributed by atoms with van der Waals surface area (Å²) in [6.45, 7) is 7.30.